The monoisotopic (exact) mass is 660 g/mol. The average molecular weight is 661 g/mol. The quantitative estimate of drug-likeness (QED) is 0.262. The van der Waals surface area contributed by atoms with E-state index in [2.05, 4.69) is 37.6 Å². The van der Waals surface area contributed by atoms with Crippen molar-refractivity contribution in [2.75, 3.05) is 52.0 Å². The number of carbonyl (C=O) groups excluding carboxylic acids is 2. The predicted molar refractivity (Wildman–Crippen MR) is 176 cm³/mol. The normalized spacial score (nSPS) is 20.1. The van der Waals surface area contributed by atoms with Crippen LogP contribution >= 0.6 is 11.6 Å². The molecule has 0 bridgehead atoms. The van der Waals surface area contributed by atoms with Crippen LogP contribution in [0.15, 0.2) is 73.3 Å². The number of hydrogen-bond donors (Lipinski definition) is 2. The van der Waals surface area contributed by atoms with E-state index in [1.807, 2.05) is 49.5 Å². The van der Waals surface area contributed by atoms with E-state index in [1.165, 1.54) is 19.3 Å². The molecule has 2 aliphatic heterocycles. The van der Waals surface area contributed by atoms with Gasteiger partial charge in [0.2, 0.25) is 0 Å². The van der Waals surface area contributed by atoms with Crippen molar-refractivity contribution in [2.45, 2.75) is 31.3 Å². The summed E-state index contributed by atoms with van der Waals surface area (Å²) in [6, 6.07) is 16.1. The zero-order valence-corrected chi connectivity index (χ0v) is 27.2. The van der Waals surface area contributed by atoms with Crippen LogP contribution < -0.4 is 20.3 Å². The van der Waals surface area contributed by atoms with Gasteiger partial charge in [0.25, 0.3) is 17.6 Å². The molecule has 6 rings (SSSR count). The van der Waals surface area contributed by atoms with Crippen molar-refractivity contribution in [2.24, 2.45) is 0 Å². The molecule has 2 N–H and O–H groups in total. The van der Waals surface area contributed by atoms with Crippen molar-refractivity contribution < 1.29 is 28.5 Å². The first kappa shape index (κ1) is 32.5. The fraction of sp³-hybridized carbons (Fsp3) is 0.353. The van der Waals surface area contributed by atoms with Crippen molar-refractivity contribution in [1.82, 2.24) is 25.2 Å². The molecule has 3 unspecified atom stereocenters. The van der Waals surface area contributed by atoms with Crippen molar-refractivity contribution in [3.8, 4) is 22.8 Å². The van der Waals surface area contributed by atoms with Crippen LogP contribution in [0.3, 0.4) is 0 Å². The Bertz CT molecular complexity index is 1730. The number of ether oxygens (including phenoxy) is 4. The summed E-state index contributed by atoms with van der Waals surface area (Å²) < 4.78 is 24.6. The number of likely N-dealkylation sites (N-methyl/N-ethyl adjacent to an activating group) is 1. The summed E-state index contributed by atoms with van der Waals surface area (Å²) in [5.74, 6) is -1.81. The molecule has 0 saturated carbocycles. The third kappa shape index (κ3) is 6.96. The van der Waals surface area contributed by atoms with Crippen LogP contribution in [0.2, 0.25) is 5.02 Å². The van der Waals surface area contributed by atoms with Gasteiger partial charge < -0.3 is 34.5 Å². The van der Waals surface area contributed by atoms with Gasteiger partial charge >= 0.3 is 0 Å². The Morgan fingerprint density at radius 3 is 2.62 bits per heavy atom. The van der Waals surface area contributed by atoms with Crippen LogP contribution in [-0.2, 0) is 25.4 Å². The molecule has 4 aromatic rings. The Labute approximate surface area is 277 Å². The van der Waals surface area contributed by atoms with Gasteiger partial charge in [-0.3, -0.25) is 14.2 Å². The number of nitrogens with zero attached hydrogens (tertiary/aromatic N) is 4. The number of pyridine rings is 1. The molecular weight excluding hydrogens is 624 g/mol. The van der Waals surface area contributed by atoms with Gasteiger partial charge in [0.15, 0.2) is 5.82 Å². The highest BCUT2D eigenvalue weighted by Gasteiger charge is 2.54. The third-order valence-electron chi connectivity index (χ3n) is 8.24. The Morgan fingerprint density at radius 2 is 1.91 bits per heavy atom. The number of methoxy groups -OCH3 is 1. The summed E-state index contributed by atoms with van der Waals surface area (Å²) in [4.78, 5) is 38.9. The molecule has 13 heteroatoms. The number of morpholine rings is 1. The highest BCUT2D eigenvalue weighted by Crippen LogP contribution is 2.31. The lowest BCUT2D eigenvalue weighted by molar-refractivity contribution is -0.196. The molecule has 3 atom stereocenters. The van der Waals surface area contributed by atoms with E-state index in [9.17, 15) is 9.59 Å². The number of benzene rings is 2. The fourth-order valence-corrected chi connectivity index (χ4v) is 5.99. The second-order valence-electron chi connectivity index (χ2n) is 11.4. The number of amides is 2. The lowest BCUT2D eigenvalue weighted by Crippen LogP contribution is -2.62. The molecule has 2 aromatic carbocycles. The summed E-state index contributed by atoms with van der Waals surface area (Å²) in [5.41, 5.74) is 3.73. The van der Waals surface area contributed by atoms with Crippen LogP contribution in [0.1, 0.15) is 22.8 Å². The molecule has 0 aliphatic carbocycles. The van der Waals surface area contributed by atoms with E-state index in [0.29, 0.717) is 30.5 Å². The van der Waals surface area contributed by atoms with Crippen LogP contribution in [0.25, 0.3) is 17.1 Å². The average Bonchev–Trinajstić information content (AvgIpc) is 3.76. The standard InChI is InChI=1S/C34H37ClN6O6/c1-22-20-46-34(47-22,33(43)36-2)30(15-23-7-9-27(44-3)10-8-23)39-32(42)28-17-25(35)18-37-31(28)41-19-29(38-21-41)24-5-4-6-26(16-24)40-11-13-45-14-12-40/h4-10,16-19,21-22,30H,11-15,20H2,1-3H3,(H,36,43)(H,39,42). The molecule has 2 amide bonds. The number of rotatable bonds is 10. The molecule has 0 spiro atoms. The number of anilines is 1. The summed E-state index contributed by atoms with van der Waals surface area (Å²) in [7, 11) is 3.08. The first-order chi connectivity index (χ1) is 22.8. The minimum absolute atomic E-state index is 0.178. The third-order valence-corrected chi connectivity index (χ3v) is 8.45. The molecule has 246 valence electrons. The van der Waals surface area contributed by atoms with Crippen molar-refractivity contribution in [1.29, 1.82) is 0 Å². The fourth-order valence-electron chi connectivity index (χ4n) is 5.83. The van der Waals surface area contributed by atoms with Gasteiger partial charge in [-0.25, -0.2) is 9.97 Å². The van der Waals surface area contributed by atoms with Crippen molar-refractivity contribution in [3.05, 3.63) is 89.5 Å². The van der Waals surface area contributed by atoms with Gasteiger partial charge in [0.05, 0.1) is 55.4 Å². The SMILES string of the molecule is CNC(=O)C1(C(Cc2ccc(OC)cc2)NC(=O)c2cc(Cl)cnc2-n2cnc(-c3cccc(N4CCOCC4)c3)c2)OCC(C)O1. The number of hydrogen-bond acceptors (Lipinski definition) is 9. The van der Waals surface area contributed by atoms with Crippen molar-refractivity contribution >= 4 is 29.1 Å². The highest BCUT2D eigenvalue weighted by molar-refractivity contribution is 6.30. The van der Waals surface area contributed by atoms with Gasteiger partial charge in [-0.1, -0.05) is 35.9 Å². The number of aromatic nitrogens is 3. The molecule has 0 radical (unpaired) electrons. The van der Waals surface area contributed by atoms with E-state index in [1.54, 1.807) is 18.0 Å². The Hall–Kier alpha value is -4.49. The molecule has 2 fully saturated rings. The van der Waals surface area contributed by atoms with Crippen LogP contribution in [0.4, 0.5) is 5.69 Å². The second kappa shape index (κ2) is 14.1. The van der Waals surface area contributed by atoms with E-state index >= 15 is 0 Å². The van der Waals surface area contributed by atoms with Gasteiger partial charge in [-0.15, -0.1) is 0 Å². The zero-order valence-electron chi connectivity index (χ0n) is 26.4. The first-order valence-electron chi connectivity index (χ1n) is 15.4. The van der Waals surface area contributed by atoms with Gasteiger partial charge in [-0.2, -0.15) is 0 Å². The summed E-state index contributed by atoms with van der Waals surface area (Å²) in [6.07, 6.45) is 4.73. The molecule has 2 aromatic heterocycles. The first-order valence-corrected chi connectivity index (χ1v) is 15.8. The second-order valence-corrected chi connectivity index (χ2v) is 11.8. The van der Waals surface area contributed by atoms with E-state index in [-0.39, 0.29) is 29.7 Å². The van der Waals surface area contributed by atoms with Gasteiger partial charge in [-0.05, 0) is 49.2 Å². The van der Waals surface area contributed by atoms with E-state index in [0.717, 1.165) is 29.9 Å². The zero-order chi connectivity index (χ0) is 33.0. The summed E-state index contributed by atoms with van der Waals surface area (Å²) in [5, 5.41) is 5.93. The van der Waals surface area contributed by atoms with Crippen LogP contribution in [0.5, 0.6) is 5.75 Å². The highest BCUT2D eigenvalue weighted by atomic mass is 35.5. The summed E-state index contributed by atoms with van der Waals surface area (Å²) in [6.45, 7) is 5.00. The number of halogens is 1. The smallest absolute Gasteiger partial charge is 0.282 e. The molecule has 12 nitrogen and oxygen atoms in total. The van der Waals surface area contributed by atoms with E-state index < -0.39 is 23.6 Å². The van der Waals surface area contributed by atoms with Gasteiger partial charge in [0, 0.05) is 43.8 Å². The summed E-state index contributed by atoms with van der Waals surface area (Å²) >= 11 is 6.38. The number of carbonyl (C=O) groups is 2. The number of imidazole rings is 1. The maximum atomic E-state index is 14.2. The van der Waals surface area contributed by atoms with Crippen molar-refractivity contribution in [3.63, 3.8) is 0 Å². The maximum absolute atomic E-state index is 14.2. The largest absolute Gasteiger partial charge is 0.497 e. The predicted octanol–water partition coefficient (Wildman–Crippen LogP) is 3.65. The molecular formula is C34H37ClN6O6. The minimum atomic E-state index is -1.77. The molecule has 47 heavy (non-hydrogen) atoms. The lowest BCUT2D eigenvalue weighted by atomic mass is 9.96. The van der Waals surface area contributed by atoms with Crippen LogP contribution in [-0.4, -0.2) is 91.3 Å². The minimum Gasteiger partial charge on any atom is -0.497 e. The Morgan fingerprint density at radius 1 is 1.13 bits per heavy atom. The molecule has 4 heterocycles. The topological polar surface area (TPSA) is 129 Å². The molecule has 2 aliphatic rings. The lowest BCUT2D eigenvalue weighted by Gasteiger charge is -2.34. The van der Waals surface area contributed by atoms with E-state index in [4.69, 9.17) is 30.5 Å². The molecule has 2 saturated heterocycles. The van der Waals surface area contributed by atoms with Gasteiger partial charge in [0.1, 0.15) is 12.1 Å². The Kier molecular flexibility index (Phi) is 9.73. The Balaban J connectivity index is 1.31. The number of nitrogens with one attached hydrogen (secondary N) is 2. The van der Waals surface area contributed by atoms with Crippen LogP contribution in [0, 0.1) is 0 Å². The maximum Gasteiger partial charge on any atom is 0.282 e.